The number of benzene rings is 16. The highest BCUT2D eigenvalue weighted by Crippen LogP contribution is 2.50. The maximum absolute atomic E-state index is 2.48. The largest absolute Gasteiger partial charge is 0.310 e. The Morgan fingerprint density at radius 3 is 0.536 bits per heavy atom. The van der Waals surface area contributed by atoms with Gasteiger partial charge in [-0.1, -0.05) is 336 Å². The Bertz CT molecular complexity index is 5320. The SMILES string of the molecule is Cc1ccc(C(=Cc2ccc(N(c3ccc(C=C(c4ccc(C)cc4)c4ccc(C)cc4)cc3)c3c(C)cc(-c4cc(C)c(N(c5ccc(C=C(c6ccc(C)cc6)c6ccc(C)cc6)cc5)c5ccc(C=C(c6ccc(C)cc6)c6ccc(C)cc6)cc5)c5ccccc45)c4ccccc34)cc2)c2ccc(C)cc2)cc1. The van der Waals surface area contributed by atoms with E-state index >= 15 is 0 Å². The van der Waals surface area contributed by atoms with E-state index in [9.17, 15) is 0 Å². The van der Waals surface area contributed by atoms with Gasteiger partial charge in [-0.05, 0) is 276 Å². The molecule has 0 saturated carbocycles. The molecule has 0 amide bonds. The Morgan fingerprint density at radius 1 is 0.188 bits per heavy atom. The topological polar surface area (TPSA) is 6.48 Å². The van der Waals surface area contributed by atoms with Crippen LogP contribution in [0.15, 0.2) is 352 Å². The number of aryl methyl sites for hydroxylation is 10. The molecule has 0 spiro atoms. The summed E-state index contributed by atoms with van der Waals surface area (Å²) in [5, 5.41) is 4.65. The van der Waals surface area contributed by atoms with Crippen molar-refractivity contribution in [2.75, 3.05) is 9.80 Å². The van der Waals surface area contributed by atoms with Crippen molar-refractivity contribution in [2.24, 2.45) is 0 Å². The van der Waals surface area contributed by atoms with E-state index in [0.717, 1.165) is 78.3 Å². The molecule has 0 saturated heterocycles. The average Bonchev–Trinajstić information content (AvgIpc) is 0.733. The van der Waals surface area contributed by atoms with Crippen molar-refractivity contribution in [1.29, 1.82) is 0 Å². The third-order valence-corrected chi connectivity index (χ3v) is 21.9. The van der Waals surface area contributed by atoms with Crippen molar-refractivity contribution in [2.45, 2.75) is 69.2 Å². The number of nitrogens with zero attached hydrogens (tertiary/aromatic N) is 2. The summed E-state index contributed by atoms with van der Waals surface area (Å²) >= 11 is 0. The fourth-order valence-electron chi connectivity index (χ4n) is 15.6. The first-order valence-corrected chi connectivity index (χ1v) is 39.1. The molecule has 0 atom stereocenters. The summed E-state index contributed by atoms with van der Waals surface area (Å²) in [5.41, 5.74) is 39.7. The molecule has 2 heteroatoms. The van der Waals surface area contributed by atoms with E-state index in [1.807, 2.05) is 0 Å². The Labute approximate surface area is 662 Å². The minimum atomic E-state index is 1.06. The van der Waals surface area contributed by atoms with Crippen LogP contribution in [0.25, 0.3) is 79.3 Å². The summed E-state index contributed by atoms with van der Waals surface area (Å²) in [6.45, 7) is 21.8. The molecule has 2 nitrogen and oxygen atoms in total. The molecular formula is C110H92N2. The Balaban J connectivity index is 0.839. The number of hydrogen-bond acceptors (Lipinski definition) is 2. The minimum Gasteiger partial charge on any atom is -0.310 e. The van der Waals surface area contributed by atoms with Gasteiger partial charge in [0.15, 0.2) is 0 Å². The lowest BCUT2D eigenvalue weighted by Gasteiger charge is -2.31. The first kappa shape index (κ1) is 72.8. The Hall–Kier alpha value is -13.4. The average molecular weight is 1440 g/mol. The fraction of sp³-hybridized carbons (Fsp3) is 0.0909. The van der Waals surface area contributed by atoms with E-state index in [2.05, 4.69) is 455 Å². The normalized spacial score (nSPS) is 11.1. The van der Waals surface area contributed by atoms with E-state index in [1.54, 1.807) is 0 Å². The second-order valence-electron chi connectivity index (χ2n) is 30.5. The highest BCUT2D eigenvalue weighted by atomic mass is 15.2. The lowest BCUT2D eigenvalue weighted by atomic mass is 9.88. The third-order valence-electron chi connectivity index (χ3n) is 21.9. The van der Waals surface area contributed by atoms with Crippen LogP contribution in [0.4, 0.5) is 34.1 Å². The first-order chi connectivity index (χ1) is 54.6. The first-order valence-electron chi connectivity index (χ1n) is 39.1. The minimum absolute atomic E-state index is 1.06. The highest BCUT2D eigenvalue weighted by Gasteiger charge is 2.25. The van der Waals surface area contributed by atoms with Gasteiger partial charge in [-0.2, -0.15) is 0 Å². The van der Waals surface area contributed by atoms with Crippen LogP contribution in [-0.2, 0) is 0 Å². The third kappa shape index (κ3) is 15.8. The van der Waals surface area contributed by atoms with Crippen molar-refractivity contribution in [1.82, 2.24) is 0 Å². The predicted molar refractivity (Wildman–Crippen MR) is 483 cm³/mol. The van der Waals surface area contributed by atoms with Crippen molar-refractivity contribution >= 4 is 102 Å². The molecule has 112 heavy (non-hydrogen) atoms. The molecule has 0 heterocycles. The quantitative estimate of drug-likeness (QED) is 0.0745. The smallest absolute Gasteiger partial charge is 0.0569 e. The second kappa shape index (κ2) is 32.0. The Morgan fingerprint density at radius 2 is 0.357 bits per heavy atom. The summed E-state index contributed by atoms with van der Waals surface area (Å²) in [6, 6.07) is 131. The maximum atomic E-state index is 2.48. The predicted octanol–water partition coefficient (Wildman–Crippen LogP) is 30.0. The summed E-state index contributed by atoms with van der Waals surface area (Å²) in [7, 11) is 0. The molecule has 0 N–H and O–H groups in total. The van der Waals surface area contributed by atoms with Gasteiger partial charge in [0.25, 0.3) is 0 Å². The fourth-order valence-corrected chi connectivity index (χ4v) is 15.6. The van der Waals surface area contributed by atoms with E-state index in [4.69, 9.17) is 0 Å². The zero-order valence-corrected chi connectivity index (χ0v) is 65.7. The summed E-state index contributed by atoms with van der Waals surface area (Å²) in [6.07, 6.45) is 9.35. The lowest BCUT2D eigenvalue weighted by Crippen LogP contribution is -2.13. The van der Waals surface area contributed by atoms with Gasteiger partial charge < -0.3 is 9.80 Å². The second-order valence-corrected chi connectivity index (χ2v) is 30.5. The lowest BCUT2D eigenvalue weighted by molar-refractivity contribution is 1.26. The molecule has 0 unspecified atom stereocenters. The molecule has 0 aliphatic rings. The van der Waals surface area contributed by atoms with Gasteiger partial charge in [-0.25, -0.2) is 0 Å². The summed E-state index contributed by atoms with van der Waals surface area (Å²) in [4.78, 5) is 4.96. The van der Waals surface area contributed by atoms with Crippen LogP contribution < -0.4 is 9.80 Å². The molecule has 0 aromatic heterocycles. The maximum Gasteiger partial charge on any atom is 0.0569 e. The summed E-state index contributed by atoms with van der Waals surface area (Å²) < 4.78 is 0. The molecule has 0 aliphatic carbocycles. The van der Waals surface area contributed by atoms with Gasteiger partial charge in [0.05, 0.1) is 11.4 Å². The number of rotatable bonds is 19. The number of anilines is 6. The van der Waals surface area contributed by atoms with Crippen LogP contribution in [-0.4, -0.2) is 0 Å². The van der Waals surface area contributed by atoms with Crippen molar-refractivity contribution in [3.05, 3.63) is 474 Å². The zero-order valence-electron chi connectivity index (χ0n) is 65.7. The molecule has 0 bridgehead atoms. The van der Waals surface area contributed by atoms with Crippen LogP contribution in [0.3, 0.4) is 0 Å². The zero-order chi connectivity index (χ0) is 76.9. The van der Waals surface area contributed by atoms with Crippen LogP contribution in [0.1, 0.15) is 122 Å². The molecule has 16 aromatic carbocycles. The number of fused-ring (bicyclic) bond motifs is 2. The van der Waals surface area contributed by atoms with Gasteiger partial charge in [0.2, 0.25) is 0 Å². The molecule has 16 aromatic rings. The molecule has 0 radical (unpaired) electrons. The van der Waals surface area contributed by atoms with Crippen LogP contribution in [0, 0.1) is 69.2 Å². The molecular weight excluding hydrogens is 1350 g/mol. The van der Waals surface area contributed by atoms with Crippen molar-refractivity contribution < 1.29 is 0 Å². The summed E-state index contributed by atoms with van der Waals surface area (Å²) in [5.74, 6) is 0. The van der Waals surface area contributed by atoms with Gasteiger partial charge in [0.1, 0.15) is 0 Å². The van der Waals surface area contributed by atoms with Crippen LogP contribution in [0.2, 0.25) is 0 Å². The standard InChI is InChI=1S/C110H92N2/c1-73-19-43-87(44-20-73)103(88-45-21-74(2)22-46-88)69-83-35-59-95(60-36-83)111(96-61-37-84(38-62-96)70-104(89-47-23-75(3)24-48-89)90-49-25-76(4)26-50-90)109-81(9)67-107(99-15-11-13-17-101(99)109)108-68-82(10)110(102-18-14-12-16-100(102)108)112(97-63-39-85(40-64-97)71-105(91-51-27-77(5)28-52-91)92-53-29-78(6)30-54-92)98-65-41-86(42-66-98)72-106(93-55-31-79(7)32-56-93)94-57-33-80(8)34-58-94/h11-72H,1-10H3. The van der Waals surface area contributed by atoms with Gasteiger partial charge >= 0.3 is 0 Å². The van der Waals surface area contributed by atoms with E-state index < -0.39 is 0 Å². The van der Waals surface area contributed by atoms with Gasteiger partial charge in [-0.3, -0.25) is 0 Å². The Kier molecular flexibility index (Phi) is 20.8. The highest BCUT2D eigenvalue weighted by molar-refractivity contribution is 6.15. The molecule has 542 valence electrons. The van der Waals surface area contributed by atoms with Crippen molar-refractivity contribution in [3.63, 3.8) is 0 Å². The van der Waals surface area contributed by atoms with Gasteiger partial charge in [0, 0.05) is 33.5 Å². The molecule has 0 fully saturated rings. The van der Waals surface area contributed by atoms with E-state index in [-0.39, 0.29) is 0 Å². The molecule has 16 rings (SSSR count). The number of hydrogen-bond donors (Lipinski definition) is 0. The molecule has 0 aliphatic heterocycles. The van der Waals surface area contributed by atoms with E-state index in [1.165, 1.54) is 133 Å². The van der Waals surface area contributed by atoms with Crippen LogP contribution >= 0.6 is 0 Å². The van der Waals surface area contributed by atoms with E-state index in [0.29, 0.717) is 0 Å². The van der Waals surface area contributed by atoms with Crippen LogP contribution in [0.5, 0.6) is 0 Å². The van der Waals surface area contributed by atoms with Gasteiger partial charge in [-0.15, -0.1) is 0 Å². The van der Waals surface area contributed by atoms with Crippen molar-refractivity contribution in [3.8, 4) is 11.1 Å². The monoisotopic (exact) mass is 1440 g/mol.